The molecule has 2 heterocycles. The Kier molecular flexibility index (Phi) is 4.15. The van der Waals surface area contributed by atoms with Crippen LogP contribution in [0, 0.1) is 6.92 Å². The zero-order valence-corrected chi connectivity index (χ0v) is 10.8. The molecule has 0 N–H and O–H groups in total. The molecule has 0 saturated carbocycles. The summed E-state index contributed by atoms with van der Waals surface area (Å²) in [4.78, 5) is 15.5. The number of imidazole rings is 1. The smallest absolute Gasteiger partial charge is 0.330 e. The fraction of sp³-hybridized carbons (Fsp3) is 0.538. The molecule has 0 radical (unpaired) electrons. The summed E-state index contributed by atoms with van der Waals surface area (Å²) in [5.41, 5.74) is 1.83. The monoisotopic (exact) mass is 250 g/mol. The number of carbonyl (C=O) groups is 1. The van der Waals surface area contributed by atoms with Gasteiger partial charge in [-0.15, -0.1) is 0 Å². The molecule has 1 atom stereocenters. The van der Waals surface area contributed by atoms with Gasteiger partial charge in [-0.25, -0.2) is 9.78 Å². The second-order valence-corrected chi connectivity index (χ2v) is 4.23. The molecule has 0 unspecified atom stereocenters. The summed E-state index contributed by atoms with van der Waals surface area (Å²) in [6, 6.07) is 0. The van der Waals surface area contributed by atoms with E-state index in [-0.39, 0.29) is 5.97 Å². The topological polar surface area (TPSA) is 53.3 Å². The van der Waals surface area contributed by atoms with Crippen LogP contribution in [0.2, 0.25) is 0 Å². The predicted octanol–water partition coefficient (Wildman–Crippen LogP) is 1.56. The van der Waals surface area contributed by atoms with Gasteiger partial charge in [0.2, 0.25) is 0 Å². The van der Waals surface area contributed by atoms with E-state index in [1.54, 1.807) is 19.3 Å². The molecule has 1 fully saturated rings. The largest absolute Gasteiger partial charge is 0.463 e. The molecule has 1 aliphatic heterocycles. The third-order valence-corrected chi connectivity index (χ3v) is 3.00. The first-order chi connectivity index (χ1) is 8.70. The Morgan fingerprint density at radius 2 is 2.50 bits per heavy atom. The summed E-state index contributed by atoms with van der Waals surface area (Å²) in [7, 11) is 0. The lowest BCUT2D eigenvalue weighted by Gasteiger charge is -2.27. The SMILES string of the molecule is CCOC(=O)/C=C/c1ncn(C[C@@H]2CCO2)c1C. The van der Waals surface area contributed by atoms with Gasteiger partial charge < -0.3 is 14.0 Å². The van der Waals surface area contributed by atoms with Crippen molar-refractivity contribution >= 4 is 12.0 Å². The first-order valence-electron chi connectivity index (χ1n) is 6.19. The number of esters is 1. The van der Waals surface area contributed by atoms with Gasteiger partial charge in [0.25, 0.3) is 0 Å². The van der Waals surface area contributed by atoms with Crippen molar-refractivity contribution < 1.29 is 14.3 Å². The Labute approximate surface area is 106 Å². The lowest BCUT2D eigenvalue weighted by Crippen LogP contribution is -2.31. The number of aromatic nitrogens is 2. The van der Waals surface area contributed by atoms with Crippen molar-refractivity contribution in [2.24, 2.45) is 0 Å². The second kappa shape index (κ2) is 5.82. The molecule has 2 rings (SSSR count). The minimum atomic E-state index is -0.339. The van der Waals surface area contributed by atoms with E-state index < -0.39 is 0 Å². The molecular weight excluding hydrogens is 232 g/mol. The Bertz CT molecular complexity index is 447. The minimum Gasteiger partial charge on any atom is -0.463 e. The molecule has 18 heavy (non-hydrogen) atoms. The average Bonchev–Trinajstić information content (AvgIpc) is 2.63. The van der Waals surface area contributed by atoms with Crippen LogP contribution in [0.5, 0.6) is 0 Å². The molecule has 0 aromatic carbocycles. The van der Waals surface area contributed by atoms with E-state index >= 15 is 0 Å². The van der Waals surface area contributed by atoms with Crippen LogP contribution in [0.4, 0.5) is 0 Å². The van der Waals surface area contributed by atoms with Crippen LogP contribution in [-0.2, 0) is 20.8 Å². The normalized spacial score (nSPS) is 18.9. The first kappa shape index (κ1) is 12.8. The third kappa shape index (κ3) is 2.98. The van der Waals surface area contributed by atoms with Crippen LogP contribution in [0.25, 0.3) is 6.08 Å². The highest BCUT2D eigenvalue weighted by molar-refractivity contribution is 5.86. The van der Waals surface area contributed by atoms with E-state index in [9.17, 15) is 4.79 Å². The number of hydrogen-bond acceptors (Lipinski definition) is 4. The zero-order chi connectivity index (χ0) is 13.0. The Hall–Kier alpha value is -1.62. The number of nitrogens with zero attached hydrogens (tertiary/aromatic N) is 2. The molecule has 5 nitrogen and oxygen atoms in total. The molecule has 1 aliphatic rings. The Morgan fingerprint density at radius 3 is 3.11 bits per heavy atom. The van der Waals surface area contributed by atoms with Crippen molar-refractivity contribution in [2.45, 2.75) is 32.9 Å². The minimum absolute atomic E-state index is 0.305. The summed E-state index contributed by atoms with van der Waals surface area (Å²) in [5.74, 6) is -0.339. The molecule has 5 heteroatoms. The second-order valence-electron chi connectivity index (χ2n) is 4.23. The molecule has 0 spiro atoms. The van der Waals surface area contributed by atoms with Gasteiger partial charge in [-0.2, -0.15) is 0 Å². The van der Waals surface area contributed by atoms with E-state index in [0.717, 1.165) is 31.0 Å². The Morgan fingerprint density at radius 1 is 1.72 bits per heavy atom. The van der Waals surface area contributed by atoms with Crippen LogP contribution in [0.1, 0.15) is 24.7 Å². The summed E-state index contributed by atoms with van der Waals surface area (Å²) in [6.07, 6.45) is 6.28. The average molecular weight is 250 g/mol. The number of rotatable bonds is 5. The molecule has 1 aromatic rings. The number of carbonyl (C=O) groups excluding carboxylic acids is 1. The van der Waals surface area contributed by atoms with Gasteiger partial charge in [-0.05, 0) is 26.3 Å². The van der Waals surface area contributed by atoms with Crippen molar-refractivity contribution in [3.05, 3.63) is 23.8 Å². The maximum absolute atomic E-state index is 11.2. The van der Waals surface area contributed by atoms with Gasteiger partial charge in [0.1, 0.15) is 0 Å². The molecule has 98 valence electrons. The Balaban J connectivity index is 1.98. The number of ether oxygens (including phenoxy) is 2. The van der Waals surface area contributed by atoms with Gasteiger partial charge in [-0.3, -0.25) is 0 Å². The van der Waals surface area contributed by atoms with Crippen LogP contribution in [-0.4, -0.2) is 34.8 Å². The summed E-state index contributed by atoms with van der Waals surface area (Å²) < 4.78 is 12.3. The van der Waals surface area contributed by atoms with Crippen molar-refractivity contribution in [1.29, 1.82) is 0 Å². The van der Waals surface area contributed by atoms with Crippen molar-refractivity contribution in [1.82, 2.24) is 9.55 Å². The van der Waals surface area contributed by atoms with Gasteiger partial charge in [0.15, 0.2) is 0 Å². The van der Waals surface area contributed by atoms with Gasteiger partial charge >= 0.3 is 5.97 Å². The van der Waals surface area contributed by atoms with Crippen molar-refractivity contribution in [2.75, 3.05) is 13.2 Å². The fourth-order valence-corrected chi connectivity index (χ4v) is 1.79. The highest BCUT2D eigenvalue weighted by Crippen LogP contribution is 2.16. The lowest BCUT2D eigenvalue weighted by molar-refractivity contribution is -0.137. The lowest BCUT2D eigenvalue weighted by atomic mass is 10.2. The third-order valence-electron chi connectivity index (χ3n) is 3.00. The number of hydrogen-bond donors (Lipinski definition) is 0. The van der Waals surface area contributed by atoms with Crippen LogP contribution in [0.3, 0.4) is 0 Å². The zero-order valence-electron chi connectivity index (χ0n) is 10.8. The maximum atomic E-state index is 11.2. The first-order valence-corrected chi connectivity index (χ1v) is 6.19. The fourth-order valence-electron chi connectivity index (χ4n) is 1.79. The van der Waals surface area contributed by atoms with Crippen molar-refractivity contribution in [3.63, 3.8) is 0 Å². The predicted molar refractivity (Wildman–Crippen MR) is 67.0 cm³/mol. The van der Waals surface area contributed by atoms with Gasteiger partial charge in [-0.1, -0.05) is 0 Å². The summed E-state index contributed by atoms with van der Waals surface area (Å²) in [5, 5.41) is 0. The van der Waals surface area contributed by atoms with Crippen LogP contribution < -0.4 is 0 Å². The van der Waals surface area contributed by atoms with E-state index in [1.807, 2.05) is 6.92 Å². The van der Waals surface area contributed by atoms with E-state index in [4.69, 9.17) is 9.47 Å². The summed E-state index contributed by atoms with van der Waals surface area (Å²) >= 11 is 0. The van der Waals surface area contributed by atoms with E-state index in [2.05, 4.69) is 9.55 Å². The standard InChI is InChI=1S/C13H18N2O3/c1-3-17-13(16)5-4-12-10(2)15(9-14-12)8-11-6-7-18-11/h4-5,9,11H,3,6-8H2,1-2H3/b5-4+/t11-/m0/s1. The quantitative estimate of drug-likeness (QED) is 0.588. The van der Waals surface area contributed by atoms with Gasteiger partial charge in [0, 0.05) is 18.4 Å². The molecule has 0 aliphatic carbocycles. The van der Waals surface area contributed by atoms with Crippen LogP contribution >= 0.6 is 0 Å². The molecule has 1 aromatic heterocycles. The molecule has 0 bridgehead atoms. The highest BCUT2D eigenvalue weighted by Gasteiger charge is 2.19. The van der Waals surface area contributed by atoms with Crippen LogP contribution in [0.15, 0.2) is 12.4 Å². The van der Waals surface area contributed by atoms with E-state index in [1.165, 1.54) is 6.08 Å². The maximum Gasteiger partial charge on any atom is 0.330 e. The highest BCUT2D eigenvalue weighted by atomic mass is 16.5. The molecular formula is C13H18N2O3. The molecule has 1 saturated heterocycles. The van der Waals surface area contributed by atoms with Crippen molar-refractivity contribution in [3.8, 4) is 0 Å². The van der Waals surface area contributed by atoms with Gasteiger partial charge in [0.05, 0.1) is 31.3 Å². The molecule has 0 amide bonds. The van der Waals surface area contributed by atoms with E-state index in [0.29, 0.717) is 12.7 Å². The summed E-state index contributed by atoms with van der Waals surface area (Å²) in [6.45, 7) is 5.83.